The fourth-order valence-corrected chi connectivity index (χ4v) is 4.52. The number of rotatable bonds is 13. The number of hydrazone groups is 1. The van der Waals surface area contributed by atoms with Crippen LogP contribution in [-0.4, -0.2) is 49.9 Å². The Bertz CT molecular complexity index is 1490. The number of amides is 2. The summed E-state index contributed by atoms with van der Waals surface area (Å²) < 4.78 is 23.3. The summed E-state index contributed by atoms with van der Waals surface area (Å²) in [4.78, 5) is 24.6. The maximum atomic E-state index is 12.4. The van der Waals surface area contributed by atoms with Crippen LogP contribution in [0, 0.1) is 0 Å². The first-order chi connectivity index (χ1) is 20.8. The van der Waals surface area contributed by atoms with Crippen LogP contribution in [0.25, 0.3) is 0 Å². The van der Waals surface area contributed by atoms with E-state index >= 15 is 0 Å². The highest BCUT2D eigenvalue weighted by atomic mass is 79.9. The topological polar surface area (TPSA) is 140 Å². The smallest absolute Gasteiger partial charge is 0.337 e. The lowest BCUT2D eigenvalue weighted by Crippen LogP contribution is -2.45. The monoisotopic (exact) mass is 652 g/mol. The van der Waals surface area contributed by atoms with E-state index in [0.717, 1.165) is 15.6 Å². The number of aliphatic hydroxyl groups is 1. The highest BCUT2D eigenvalue weighted by Gasteiger charge is 2.32. The summed E-state index contributed by atoms with van der Waals surface area (Å²) in [6.45, 7) is 4.09. The lowest BCUT2D eigenvalue weighted by molar-refractivity contribution is -0.136. The number of esters is 1. The molecule has 1 aliphatic rings. The number of hydrogen-bond acceptors (Lipinski definition) is 9. The average Bonchev–Trinajstić information content (AvgIpc) is 3.00. The third-order valence-corrected chi connectivity index (χ3v) is 6.81. The van der Waals surface area contributed by atoms with Gasteiger partial charge >= 0.3 is 12.0 Å². The van der Waals surface area contributed by atoms with Crippen molar-refractivity contribution in [3.63, 3.8) is 0 Å². The first kappa shape index (κ1) is 31.4. The Morgan fingerprint density at radius 3 is 2.63 bits per heavy atom. The summed E-state index contributed by atoms with van der Waals surface area (Å²) in [6, 6.07) is 19.2. The number of hydrogen-bond donors (Lipinski definition) is 4. The van der Waals surface area contributed by atoms with Crippen molar-refractivity contribution in [2.24, 2.45) is 5.10 Å². The van der Waals surface area contributed by atoms with Gasteiger partial charge in [-0.15, -0.1) is 0 Å². The summed E-state index contributed by atoms with van der Waals surface area (Å²) in [5.74, 6) is 0.871. The SMILES string of the molecule is CCOc1cc([C@H]2NC(=O)NC(C)=C2C(=O)OC)ccc1OC[C@@H](O)N/N=C/c1cccc(OCc2ccc(Br)cc2)c1. The molecule has 43 heavy (non-hydrogen) atoms. The van der Waals surface area contributed by atoms with Crippen LogP contribution in [0.15, 0.2) is 87.6 Å². The van der Waals surface area contributed by atoms with Crippen LogP contribution in [0.2, 0.25) is 0 Å². The molecular formula is C31H33BrN4O7. The third-order valence-electron chi connectivity index (χ3n) is 6.29. The number of ether oxygens (including phenoxy) is 4. The number of carbonyl (C=O) groups is 2. The largest absolute Gasteiger partial charge is 0.490 e. The fraction of sp³-hybridized carbons (Fsp3) is 0.258. The molecule has 0 unspecified atom stereocenters. The van der Waals surface area contributed by atoms with Crippen molar-refractivity contribution in [1.29, 1.82) is 0 Å². The maximum Gasteiger partial charge on any atom is 0.337 e. The Morgan fingerprint density at radius 1 is 1.09 bits per heavy atom. The number of halogens is 1. The molecule has 0 spiro atoms. The minimum absolute atomic E-state index is 0.135. The van der Waals surface area contributed by atoms with Crippen molar-refractivity contribution in [2.45, 2.75) is 32.7 Å². The molecule has 3 aromatic rings. The molecule has 4 N–H and O–H groups in total. The first-order valence-electron chi connectivity index (χ1n) is 13.5. The molecule has 3 aromatic carbocycles. The van der Waals surface area contributed by atoms with E-state index in [1.54, 1.807) is 31.3 Å². The Labute approximate surface area is 258 Å². The van der Waals surface area contributed by atoms with Crippen LogP contribution in [0.5, 0.6) is 17.2 Å². The highest BCUT2D eigenvalue weighted by Crippen LogP contribution is 2.35. The number of allylic oxidation sites excluding steroid dienone is 1. The molecule has 2 amide bonds. The van der Waals surface area contributed by atoms with Gasteiger partial charge in [0.2, 0.25) is 0 Å². The summed E-state index contributed by atoms with van der Waals surface area (Å²) in [6.07, 6.45) is 0.445. The van der Waals surface area contributed by atoms with Gasteiger partial charge < -0.3 is 34.7 Å². The second-order valence-corrected chi connectivity index (χ2v) is 10.3. The van der Waals surface area contributed by atoms with Crippen LogP contribution in [-0.2, 0) is 16.1 Å². The lowest BCUT2D eigenvalue weighted by atomic mass is 9.95. The van der Waals surface area contributed by atoms with Crippen molar-refractivity contribution in [3.05, 3.63) is 99.2 Å². The zero-order valence-corrected chi connectivity index (χ0v) is 25.5. The van der Waals surface area contributed by atoms with Gasteiger partial charge in [-0.05, 0) is 66.9 Å². The summed E-state index contributed by atoms with van der Waals surface area (Å²) >= 11 is 3.42. The molecule has 0 aliphatic carbocycles. The Kier molecular flexibility index (Phi) is 11.0. The maximum absolute atomic E-state index is 12.4. The molecule has 0 fully saturated rings. The minimum Gasteiger partial charge on any atom is -0.490 e. The van der Waals surface area contributed by atoms with Gasteiger partial charge in [0.05, 0.1) is 31.5 Å². The van der Waals surface area contributed by atoms with Gasteiger partial charge in [-0.25, -0.2) is 9.59 Å². The first-order valence-corrected chi connectivity index (χ1v) is 14.3. The van der Waals surface area contributed by atoms with E-state index < -0.39 is 24.3 Å². The molecule has 2 atom stereocenters. The number of aliphatic hydroxyl groups excluding tert-OH is 1. The van der Waals surface area contributed by atoms with Gasteiger partial charge in [-0.3, -0.25) is 5.43 Å². The number of nitrogens with one attached hydrogen (secondary N) is 3. The Hall–Kier alpha value is -4.55. The van der Waals surface area contributed by atoms with E-state index in [-0.39, 0.29) is 12.2 Å². The van der Waals surface area contributed by atoms with Gasteiger partial charge in [0.15, 0.2) is 17.7 Å². The Balaban J connectivity index is 1.35. The van der Waals surface area contributed by atoms with Crippen molar-refractivity contribution in [3.8, 4) is 17.2 Å². The standard InChI is InChI=1S/C31H33BrN4O7/c1-4-41-26-15-22(29-28(30(38)40-3)19(2)34-31(39)35-29)10-13-25(26)43-18-27(37)36-33-16-21-6-5-7-24(14-21)42-17-20-8-11-23(32)12-9-20/h5-16,27,29,36-37H,4,17-18H2,1-3H3,(H2,34,35,39)/b33-16+/t27-,29-/m1/s1. The van der Waals surface area contributed by atoms with E-state index in [2.05, 4.69) is 37.1 Å². The quantitative estimate of drug-likeness (QED) is 0.0913. The molecule has 0 aromatic heterocycles. The number of urea groups is 1. The van der Waals surface area contributed by atoms with Crippen LogP contribution in [0.1, 0.15) is 36.6 Å². The summed E-state index contributed by atoms with van der Waals surface area (Å²) in [5, 5.41) is 19.8. The van der Waals surface area contributed by atoms with Gasteiger partial charge in [0, 0.05) is 10.2 Å². The molecule has 0 bridgehead atoms. The minimum atomic E-state index is -1.12. The molecular weight excluding hydrogens is 620 g/mol. The van der Waals surface area contributed by atoms with Crippen molar-refractivity contribution in [1.82, 2.24) is 16.1 Å². The highest BCUT2D eigenvalue weighted by molar-refractivity contribution is 9.10. The normalized spacial score (nSPS) is 15.4. The van der Waals surface area contributed by atoms with Crippen LogP contribution in [0.4, 0.5) is 4.79 Å². The second-order valence-electron chi connectivity index (χ2n) is 9.40. The van der Waals surface area contributed by atoms with E-state index in [4.69, 9.17) is 18.9 Å². The third kappa shape index (κ3) is 8.72. The molecule has 226 valence electrons. The molecule has 1 heterocycles. The van der Waals surface area contributed by atoms with Gasteiger partial charge in [-0.1, -0.05) is 46.3 Å². The van der Waals surface area contributed by atoms with E-state index in [1.807, 2.05) is 55.5 Å². The van der Waals surface area contributed by atoms with Crippen molar-refractivity contribution < 1.29 is 33.6 Å². The zero-order valence-electron chi connectivity index (χ0n) is 23.9. The lowest BCUT2D eigenvalue weighted by Gasteiger charge is -2.28. The number of nitrogens with zero attached hydrogens (tertiary/aromatic N) is 1. The summed E-state index contributed by atoms with van der Waals surface area (Å²) in [5.41, 5.74) is 5.73. The predicted octanol–water partition coefficient (Wildman–Crippen LogP) is 4.55. The van der Waals surface area contributed by atoms with Crippen LogP contribution >= 0.6 is 15.9 Å². The predicted molar refractivity (Wildman–Crippen MR) is 164 cm³/mol. The molecule has 0 radical (unpaired) electrons. The number of carbonyl (C=O) groups excluding carboxylic acids is 2. The van der Waals surface area contributed by atoms with Gasteiger partial charge in [0.25, 0.3) is 0 Å². The van der Waals surface area contributed by atoms with E-state index in [0.29, 0.717) is 41.7 Å². The van der Waals surface area contributed by atoms with Crippen LogP contribution < -0.4 is 30.3 Å². The molecule has 0 saturated carbocycles. The van der Waals surface area contributed by atoms with Crippen LogP contribution in [0.3, 0.4) is 0 Å². The molecule has 12 heteroatoms. The fourth-order valence-electron chi connectivity index (χ4n) is 4.25. The van der Waals surface area contributed by atoms with Crippen molar-refractivity contribution >= 4 is 34.1 Å². The van der Waals surface area contributed by atoms with E-state index in [1.165, 1.54) is 7.11 Å². The number of methoxy groups -OCH3 is 1. The second kappa shape index (κ2) is 15.1. The Morgan fingerprint density at radius 2 is 1.88 bits per heavy atom. The average molecular weight is 654 g/mol. The zero-order chi connectivity index (χ0) is 30.8. The molecule has 1 aliphatic heterocycles. The molecule has 4 rings (SSSR count). The summed E-state index contributed by atoms with van der Waals surface area (Å²) in [7, 11) is 1.28. The van der Waals surface area contributed by atoms with Gasteiger partial charge in [-0.2, -0.15) is 5.10 Å². The van der Waals surface area contributed by atoms with Gasteiger partial charge in [0.1, 0.15) is 19.0 Å². The number of benzene rings is 3. The van der Waals surface area contributed by atoms with E-state index in [9.17, 15) is 14.7 Å². The molecule has 0 saturated heterocycles. The van der Waals surface area contributed by atoms with Crippen molar-refractivity contribution in [2.75, 3.05) is 20.3 Å². The molecule has 11 nitrogen and oxygen atoms in total.